The summed E-state index contributed by atoms with van der Waals surface area (Å²) >= 11 is 0. The Balaban J connectivity index is 2.11. The Hall–Kier alpha value is -1.80. The quantitative estimate of drug-likeness (QED) is 0.655. The highest BCUT2D eigenvalue weighted by molar-refractivity contribution is 5.64. The zero-order valence-corrected chi connectivity index (χ0v) is 11.1. The number of anilines is 1. The summed E-state index contributed by atoms with van der Waals surface area (Å²) in [6, 6.07) is 3.97. The van der Waals surface area contributed by atoms with Crippen molar-refractivity contribution < 1.29 is 9.90 Å². The van der Waals surface area contributed by atoms with E-state index in [2.05, 4.69) is 9.89 Å². The molecule has 0 unspecified atom stereocenters. The molecule has 4 heteroatoms. The summed E-state index contributed by atoms with van der Waals surface area (Å²) in [7, 11) is 2.04. The van der Waals surface area contributed by atoms with E-state index in [0.717, 1.165) is 55.5 Å². The molecule has 2 aliphatic rings. The van der Waals surface area contributed by atoms with Gasteiger partial charge in [-0.3, -0.25) is 0 Å². The van der Waals surface area contributed by atoms with E-state index in [1.807, 2.05) is 19.2 Å². The number of hydrogen-bond acceptors (Lipinski definition) is 4. The van der Waals surface area contributed by atoms with Gasteiger partial charge < -0.3 is 10.0 Å². The predicted octanol–water partition coefficient (Wildman–Crippen LogP) is 2.49. The van der Waals surface area contributed by atoms with Crippen LogP contribution < -0.4 is 4.90 Å². The number of phenols is 1. The molecule has 1 aliphatic carbocycles. The topological polar surface area (TPSA) is 52.9 Å². The largest absolute Gasteiger partial charge is 0.507 e. The minimum Gasteiger partial charge on any atom is -0.507 e. The van der Waals surface area contributed by atoms with Crippen molar-refractivity contribution in [2.75, 3.05) is 18.5 Å². The number of aromatic hydroxyl groups is 1. The maximum absolute atomic E-state index is 10.7. The number of phenolic OH excluding ortho intramolecular Hbond substituents is 1. The van der Waals surface area contributed by atoms with E-state index in [4.69, 9.17) is 0 Å². The van der Waals surface area contributed by atoms with Crippen LogP contribution in [0.1, 0.15) is 36.8 Å². The molecule has 1 N–H and O–H groups in total. The van der Waals surface area contributed by atoms with Crippen molar-refractivity contribution in [2.24, 2.45) is 4.99 Å². The van der Waals surface area contributed by atoms with Crippen molar-refractivity contribution in [1.82, 2.24) is 0 Å². The molecule has 0 bridgehead atoms. The minimum absolute atomic E-state index is 0.336. The number of benzene rings is 1. The molecule has 100 valence electrons. The molecular formula is C15H18N2O2. The molecule has 0 amide bonds. The summed E-state index contributed by atoms with van der Waals surface area (Å²) in [5, 5.41) is 10.6. The van der Waals surface area contributed by atoms with Gasteiger partial charge in [-0.25, -0.2) is 4.79 Å². The van der Waals surface area contributed by atoms with E-state index >= 15 is 0 Å². The van der Waals surface area contributed by atoms with Gasteiger partial charge in [0.15, 0.2) is 0 Å². The first-order valence-corrected chi connectivity index (χ1v) is 6.83. The molecule has 1 saturated carbocycles. The van der Waals surface area contributed by atoms with Gasteiger partial charge in [-0.15, -0.1) is 0 Å². The summed E-state index contributed by atoms with van der Waals surface area (Å²) in [6.07, 6.45) is 6.30. The lowest BCUT2D eigenvalue weighted by molar-refractivity contribution is 0.247. The van der Waals surface area contributed by atoms with Crippen molar-refractivity contribution in [3.63, 3.8) is 0 Å². The van der Waals surface area contributed by atoms with Crippen LogP contribution in [-0.2, 0) is 16.8 Å². The third kappa shape index (κ3) is 1.75. The summed E-state index contributed by atoms with van der Waals surface area (Å²) in [5.41, 5.74) is 2.38. The maximum Gasteiger partial charge on any atom is 0.235 e. The van der Waals surface area contributed by atoms with Crippen LogP contribution in [0.4, 0.5) is 5.69 Å². The zero-order chi connectivity index (χ0) is 13.5. The lowest BCUT2D eigenvalue weighted by Crippen LogP contribution is -2.33. The zero-order valence-electron chi connectivity index (χ0n) is 11.1. The standard InChI is InChI=1S/C15H18N2O2/c1-17-9-2-4-11-13(17)6-5-12(14(11)19)15(16-10-18)7-3-8-15/h5-6,19H,2-4,7-9H2,1H3. The van der Waals surface area contributed by atoms with Crippen LogP contribution in [0.2, 0.25) is 0 Å². The van der Waals surface area contributed by atoms with Crippen LogP contribution in [0.3, 0.4) is 0 Å². The number of aliphatic imine (C=N–C) groups is 1. The van der Waals surface area contributed by atoms with Gasteiger partial charge in [0.2, 0.25) is 6.08 Å². The molecule has 0 radical (unpaired) electrons. The number of carbonyl (C=O) groups excluding carboxylic acids is 1. The van der Waals surface area contributed by atoms with Crippen LogP contribution in [-0.4, -0.2) is 24.8 Å². The number of fused-ring (bicyclic) bond motifs is 1. The van der Waals surface area contributed by atoms with Gasteiger partial charge in [0.1, 0.15) is 11.3 Å². The van der Waals surface area contributed by atoms with Gasteiger partial charge >= 0.3 is 0 Å². The number of hydrogen-bond donors (Lipinski definition) is 1. The molecule has 1 aromatic rings. The monoisotopic (exact) mass is 258 g/mol. The Bertz CT molecular complexity index is 558. The fourth-order valence-electron chi connectivity index (χ4n) is 3.26. The third-order valence-electron chi connectivity index (χ3n) is 4.53. The summed E-state index contributed by atoms with van der Waals surface area (Å²) in [6.45, 7) is 1.02. The second-order valence-electron chi connectivity index (χ2n) is 5.57. The second-order valence-corrected chi connectivity index (χ2v) is 5.57. The van der Waals surface area contributed by atoms with Gasteiger partial charge in [0, 0.05) is 30.4 Å². The summed E-state index contributed by atoms with van der Waals surface area (Å²) in [4.78, 5) is 16.8. The lowest BCUT2D eigenvalue weighted by atomic mass is 9.71. The second kappa shape index (κ2) is 4.39. The number of nitrogens with zero attached hydrogens (tertiary/aromatic N) is 2. The smallest absolute Gasteiger partial charge is 0.235 e. The fraction of sp³-hybridized carbons (Fsp3) is 0.533. The molecule has 3 rings (SSSR count). The number of isocyanates is 1. The Kier molecular flexibility index (Phi) is 2.83. The molecule has 1 fully saturated rings. The Morgan fingerprint density at radius 3 is 2.79 bits per heavy atom. The van der Waals surface area contributed by atoms with Crippen LogP contribution >= 0.6 is 0 Å². The lowest BCUT2D eigenvalue weighted by Gasteiger charge is -2.39. The molecule has 0 atom stereocenters. The third-order valence-corrected chi connectivity index (χ3v) is 4.53. The van der Waals surface area contributed by atoms with Crippen molar-refractivity contribution in [1.29, 1.82) is 0 Å². The predicted molar refractivity (Wildman–Crippen MR) is 73.3 cm³/mol. The number of rotatable bonds is 2. The normalized spacial score (nSPS) is 20.2. The fourth-order valence-corrected chi connectivity index (χ4v) is 3.26. The van der Waals surface area contributed by atoms with Gasteiger partial charge in [-0.05, 0) is 38.2 Å². The highest BCUT2D eigenvalue weighted by Crippen LogP contribution is 2.50. The molecule has 0 saturated heterocycles. The van der Waals surface area contributed by atoms with Crippen molar-refractivity contribution >= 4 is 11.8 Å². The van der Waals surface area contributed by atoms with Crippen molar-refractivity contribution in [2.45, 2.75) is 37.6 Å². The molecule has 0 aromatic heterocycles. The highest BCUT2D eigenvalue weighted by Gasteiger charge is 2.41. The Morgan fingerprint density at radius 2 is 2.16 bits per heavy atom. The van der Waals surface area contributed by atoms with E-state index in [-0.39, 0.29) is 0 Å². The molecule has 1 aromatic carbocycles. The van der Waals surface area contributed by atoms with Crippen LogP contribution in [0.15, 0.2) is 17.1 Å². The van der Waals surface area contributed by atoms with Gasteiger partial charge in [-0.2, -0.15) is 4.99 Å². The van der Waals surface area contributed by atoms with Crippen LogP contribution in [0.5, 0.6) is 5.75 Å². The minimum atomic E-state index is -0.517. The van der Waals surface area contributed by atoms with Gasteiger partial charge in [0.05, 0.1) is 0 Å². The molecular weight excluding hydrogens is 240 g/mol. The Morgan fingerprint density at radius 1 is 1.37 bits per heavy atom. The van der Waals surface area contributed by atoms with Gasteiger partial charge in [0.25, 0.3) is 0 Å². The molecule has 1 heterocycles. The average molecular weight is 258 g/mol. The first kappa shape index (κ1) is 12.2. The summed E-state index contributed by atoms with van der Waals surface area (Å²) < 4.78 is 0. The van der Waals surface area contributed by atoms with Crippen LogP contribution in [0, 0.1) is 0 Å². The van der Waals surface area contributed by atoms with Gasteiger partial charge in [-0.1, -0.05) is 6.07 Å². The van der Waals surface area contributed by atoms with E-state index in [1.54, 1.807) is 6.08 Å². The average Bonchev–Trinajstić information content (AvgIpc) is 2.36. The maximum atomic E-state index is 10.7. The molecule has 0 spiro atoms. The van der Waals surface area contributed by atoms with E-state index in [1.165, 1.54) is 0 Å². The van der Waals surface area contributed by atoms with Crippen LogP contribution in [0.25, 0.3) is 0 Å². The molecule has 1 aliphatic heterocycles. The van der Waals surface area contributed by atoms with E-state index in [9.17, 15) is 9.90 Å². The molecule has 4 nitrogen and oxygen atoms in total. The van der Waals surface area contributed by atoms with Crippen molar-refractivity contribution in [3.8, 4) is 5.75 Å². The first-order chi connectivity index (χ1) is 9.18. The highest BCUT2D eigenvalue weighted by atomic mass is 16.3. The summed E-state index contributed by atoms with van der Waals surface area (Å²) in [5.74, 6) is 0.336. The van der Waals surface area contributed by atoms with E-state index in [0.29, 0.717) is 5.75 Å². The van der Waals surface area contributed by atoms with Crippen molar-refractivity contribution in [3.05, 3.63) is 23.3 Å². The first-order valence-electron chi connectivity index (χ1n) is 6.83. The van der Waals surface area contributed by atoms with E-state index < -0.39 is 5.54 Å². The Labute approximate surface area is 112 Å². The molecule has 19 heavy (non-hydrogen) atoms. The SMILES string of the molecule is CN1CCCc2c1ccc(C1(N=C=O)CCC1)c2O.